The minimum Gasteiger partial charge on any atom is -0.353 e. The topological polar surface area (TPSA) is 32.3 Å². The molecule has 1 aromatic rings. The molecule has 2 rings (SSSR count). The molecule has 0 radical (unpaired) electrons. The van der Waals surface area contributed by atoms with Crippen molar-refractivity contribution in [2.75, 3.05) is 38.1 Å². The van der Waals surface area contributed by atoms with Crippen LogP contribution in [-0.2, 0) is 0 Å². The number of likely N-dealkylation sites (N-methyl/N-ethyl adjacent to an activating group) is 1. The lowest BCUT2D eigenvalue weighted by Gasteiger charge is -2.33. The van der Waals surface area contributed by atoms with Crippen molar-refractivity contribution < 1.29 is 8.78 Å². The Balaban J connectivity index is 2.24. The van der Waals surface area contributed by atoms with Gasteiger partial charge in [-0.25, -0.2) is 18.7 Å². The van der Waals surface area contributed by atoms with Gasteiger partial charge >= 0.3 is 0 Å². The van der Waals surface area contributed by atoms with Crippen molar-refractivity contribution in [1.82, 2.24) is 14.9 Å². The summed E-state index contributed by atoms with van der Waals surface area (Å²) in [6, 6.07) is 0. The molecule has 1 fully saturated rings. The summed E-state index contributed by atoms with van der Waals surface area (Å²) in [5, 5.41) is 0. The average molecular weight is 354 g/mol. The monoisotopic (exact) mass is 354 g/mol. The van der Waals surface area contributed by atoms with Crippen molar-refractivity contribution in [3.8, 4) is 0 Å². The maximum atomic E-state index is 12.7. The Kier molecular flexibility index (Phi) is 4.08. The Labute approximate surface area is 112 Å². The fourth-order valence-electron chi connectivity index (χ4n) is 1.76. The fraction of sp³-hybridized carbons (Fsp3) is 0.600. The van der Waals surface area contributed by atoms with E-state index in [1.54, 1.807) is 0 Å². The van der Waals surface area contributed by atoms with Crippen LogP contribution in [0.15, 0.2) is 6.33 Å². The zero-order chi connectivity index (χ0) is 12.4. The highest BCUT2D eigenvalue weighted by Gasteiger charge is 2.22. The predicted octanol–water partition coefficient (Wildman–Crippen LogP) is 1.77. The largest absolute Gasteiger partial charge is 0.353 e. The van der Waals surface area contributed by atoms with Crippen LogP contribution in [0.5, 0.6) is 0 Å². The van der Waals surface area contributed by atoms with Crippen molar-refractivity contribution in [3.05, 3.63) is 15.6 Å². The first-order chi connectivity index (χ1) is 8.09. The molecule has 0 aliphatic carbocycles. The highest BCUT2D eigenvalue weighted by atomic mass is 127. The van der Waals surface area contributed by atoms with Gasteiger partial charge < -0.3 is 9.80 Å². The molecule has 1 aromatic heterocycles. The maximum Gasteiger partial charge on any atom is 0.281 e. The van der Waals surface area contributed by atoms with Crippen molar-refractivity contribution in [2.24, 2.45) is 0 Å². The SMILES string of the molecule is CN1CCN(c2ncnc(C(F)F)c2I)CC1. The predicted molar refractivity (Wildman–Crippen MR) is 69.4 cm³/mol. The van der Waals surface area contributed by atoms with E-state index >= 15 is 0 Å². The summed E-state index contributed by atoms with van der Waals surface area (Å²) < 4.78 is 25.9. The average Bonchev–Trinajstić information content (AvgIpc) is 2.30. The second kappa shape index (κ2) is 5.38. The molecule has 0 amide bonds. The molecule has 4 nitrogen and oxygen atoms in total. The molecule has 0 bridgehead atoms. The van der Waals surface area contributed by atoms with Crippen LogP contribution in [0.1, 0.15) is 12.1 Å². The van der Waals surface area contributed by atoms with Crippen molar-refractivity contribution in [1.29, 1.82) is 0 Å². The third-order valence-corrected chi connectivity index (χ3v) is 3.84. The Morgan fingerprint density at radius 3 is 2.47 bits per heavy atom. The second-order valence-electron chi connectivity index (χ2n) is 3.99. The molecule has 0 spiro atoms. The number of anilines is 1. The maximum absolute atomic E-state index is 12.7. The molecular weight excluding hydrogens is 341 g/mol. The van der Waals surface area contributed by atoms with Crippen molar-refractivity contribution >= 4 is 28.4 Å². The number of rotatable bonds is 2. The number of halogens is 3. The number of hydrogen-bond acceptors (Lipinski definition) is 4. The van der Waals surface area contributed by atoms with Gasteiger partial charge in [-0.05, 0) is 29.6 Å². The third kappa shape index (κ3) is 2.82. The lowest BCUT2D eigenvalue weighted by atomic mass is 10.3. The molecule has 94 valence electrons. The zero-order valence-electron chi connectivity index (χ0n) is 9.41. The van der Waals surface area contributed by atoms with Gasteiger partial charge in [0, 0.05) is 26.2 Å². The summed E-state index contributed by atoms with van der Waals surface area (Å²) >= 11 is 1.90. The summed E-state index contributed by atoms with van der Waals surface area (Å²) in [5.74, 6) is 0.629. The van der Waals surface area contributed by atoms with Crippen molar-refractivity contribution in [3.63, 3.8) is 0 Å². The lowest BCUT2D eigenvalue weighted by molar-refractivity contribution is 0.145. The number of piperazine rings is 1. The van der Waals surface area contributed by atoms with Gasteiger partial charge in [-0.3, -0.25) is 0 Å². The van der Waals surface area contributed by atoms with E-state index in [1.165, 1.54) is 6.33 Å². The molecule has 2 heterocycles. The van der Waals surface area contributed by atoms with E-state index in [4.69, 9.17) is 0 Å². The first kappa shape index (κ1) is 12.9. The van der Waals surface area contributed by atoms with E-state index in [0.717, 1.165) is 26.2 Å². The summed E-state index contributed by atoms with van der Waals surface area (Å²) in [6.45, 7) is 3.46. The van der Waals surface area contributed by atoms with E-state index in [1.807, 2.05) is 34.5 Å². The summed E-state index contributed by atoms with van der Waals surface area (Å²) in [7, 11) is 2.05. The summed E-state index contributed by atoms with van der Waals surface area (Å²) in [4.78, 5) is 12.0. The van der Waals surface area contributed by atoms with Crippen molar-refractivity contribution in [2.45, 2.75) is 6.43 Å². The zero-order valence-corrected chi connectivity index (χ0v) is 11.6. The van der Waals surface area contributed by atoms with Crippen LogP contribution in [0.3, 0.4) is 0 Å². The quantitative estimate of drug-likeness (QED) is 0.758. The first-order valence-corrected chi connectivity index (χ1v) is 6.39. The van der Waals surface area contributed by atoms with E-state index in [2.05, 4.69) is 14.9 Å². The normalized spacial score (nSPS) is 17.8. The summed E-state index contributed by atoms with van der Waals surface area (Å²) in [6.07, 6.45) is -1.33. The van der Waals surface area contributed by atoms with E-state index in [0.29, 0.717) is 9.39 Å². The van der Waals surface area contributed by atoms with Crippen LogP contribution >= 0.6 is 22.6 Å². The van der Waals surface area contributed by atoms with Gasteiger partial charge in [0.15, 0.2) is 0 Å². The molecule has 1 aliphatic rings. The van der Waals surface area contributed by atoms with Crippen LogP contribution < -0.4 is 4.90 Å². The molecule has 1 saturated heterocycles. The van der Waals surface area contributed by atoms with Crippen LogP contribution in [-0.4, -0.2) is 48.1 Å². The molecule has 0 unspecified atom stereocenters. The first-order valence-electron chi connectivity index (χ1n) is 5.31. The highest BCUT2D eigenvalue weighted by molar-refractivity contribution is 14.1. The molecule has 1 aliphatic heterocycles. The molecule has 0 atom stereocenters. The molecule has 0 aromatic carbocycles. The Bertz CT molecular complexity index is 394. The number of nitrogens with zero attached hydrogens (tertiary/aromatic N) is 4. The molecule has 0 saturated carbocycles. The molecule has 0 N–H and O–H groups in total. The van der Waals surface area contributed by atoms with Crippen LogP contribution in [0.2, 0.25) is 0 Å². The number of alkyl halides is 2. The van der Waals surface area contributed by atoms with E-state index in [9.17, 15) is 8.78 Å². The lowest BCUT2D eigenvalue weighted by Crippen LogP contribution is -2.45. The Morgan fingerprint density at radius 1 is 1.24 bits per heavy atom. The molecule has 7 heteroatoms. The Morgan fingerprint density at radius 2 is 1.88 bits per heavy atom. The second-order valence-corrected chi connectivity index (χ2v) is 5.07. The third-order valence-electron chi connectivity index (χ3n) is 2.81. The van der Waals surface area contributed by atoms with E-state index < -0.39 is 6.43 Å². The van der Waals surface area contributed by atoms with Crippen LogP contribution in [0.4, 0.5) is 14.6 Å². The Hall–Kier alpha value is -0.570. The van der Waals surface area contributed by atoms with Gasteiger partial charge in [0.2, 0.25) is 0 Å². The van der Waals surface area contributed by atoms with Gasteiger partial charge in [-0.1, -0.05) is 0 Å². The van der Waals surface area contributed by atoms with E-state index in [-0.39, 0.29) is 5.69 Å². The molecular formula is C10H13F2IN4. The smallest absolute Gasteiger partial charge is 0.281 e. The fourth-order valence-corrected chi connectivity index (χ4v) is 2.62. The number of hydrogen-bond donors (Lipinski definition) is 0. The van der Waals surface area contributed by atoms with Crippen LogP contribution in [0, 0.1) is 3.57 Å². The van der Waals surface area contributed by atoms with Gasteiger partial charge in [0.1, 0.15) is 17.8 Å². The minimum absolute atomic E-state index is 0.172. The highest BCUT2D eigenvalue weighted by Crippen LogP contribution is 2.28. The van der Waals surface area contributed by atoms with Gasteiger partial charge in [-0.15, -0.1) is 0 Å². The standard InChI is InChI=1S/C10H13F2IN4/c1-16-2-4-17(5-3-16)10-7(13)8(9(11)12)14-6-15-10/h6,9H,2-5H2,1H3. The van der Waals surface area contributed by atoms with Gasteiger partial charge in [0.05, 0.1) is 3.57 Å². The number of aromatic nitrogens is 2. The minimum atomic E-state index is -2.55. The molecule has 17 heavy (non-hydrogen) atoms. The van der Waals surface area contributed by atoms with Gasteiger partial charge in [0.25, 0.3) is 6.43 Å². The van der Waals surface area contributed by atoms with Gasteiger partial charge in [-0.2, -0.15) is 0 Å². The van der Waals surface area contributed by atoms with Crippen LogP contribution in [0.25, 0.3) is 0 Å². The summed E-state index contributed by atoms with van der Waals surface area (Å²) in [5.41, 5.74) is -0.172.